The first-order valence-corrected chi connectivity index (χ1v) is 11.5. The molecule has 0 bridgehead atoms. The molecule has 0 saturated carbocycles. The highest BCUT2D eigenvalue weighted by atomic mass is 79.9. The van der Waals surface area contributed by atoms with Gasteiger partial charge in [0.15, 0.2) is 0 Å². The highest BCUT2D eigenvalue weighted by molar-refractivity contribution is 9.10. The fourth-order valence-electron chi connectivity index (χ4n) is 3.15. The van der Waals surface area contributed by atoms with Crippen LogP contribution < -0.4 is 10.4 Å². The second kappa shape index (κ2) is 7.29. The van der Waals surface area contributed by atoms with E-state index in [-0.39, 0.29) is 0 Å². The van der Waals surface area contributed by atoms with E-state index >= 15 is 0 Å². The molecule has 0 saturated heterocycles. The third kappa shape index (κ3) is 3.65. The summed E-state index contributed by atoms with van der Waals surface area (Å²) in [5.74, 6) is 0. The van der Waals surface area contributed by atoms with Crippen molar-refractivity contribution in [3.8, 4) is 0 Å². The zero-order valence-corrected chi connectivity index (χ0v) is 16.0. The van der Waals surface area contributed by atoms with Crippen molar-refractivity contribution < 1.29 is 0 Å². The topological polar surface area (TPSA) is 0 Å². The molecule has 0 unspecified atom stereocenters. The lowest BCUT2D eigenvalue weighted by Crippen LogP contribution is -2.55. The van der Waals surface area contributed by atoms with E-state index in [1.807, 2.05) is 0 Å². The number of rotatable bonds is 5. The Morgan fingerprint density at radius 2 is 1.17 bits per heavy atom. The molecule has 3 aromatic carbocycles. The fourth-order valence-corrected chi connectivity index (χ4v) is 7.17. The van der Waals surface area contributed by atoms with Crippen LogP contribution in [0.3, 0.4) is 0 Å². The normalized spacial score (nSPS) is 11.4. The van der Waals surface area contributed by atoms with Gasteiger partial charge in [-0.3, -0.25) is 0 Å². The first-order valence-electron chi connectivity index (χ1n) is 8.04. The van der Waals surface area contributed by atoms with Gasteiger partial charge in [0.25, 0.3) is 0 Å². The van der Waals surface area contributed by atoms with E-state index in [1.165, 1.54) is 26.5 Å². The average Bonchev–Trinajstić information content (AvgIpc) is 2.62. The van der Waals surface area contributed by atoms with Crippen molar-refractivity contribution in [2.24, 2.45) is 0 Å². The van der Waals surface area contributed by atoms with Crippen molar-refractivity contribution in [3.63, 3.8) is 0 Å². The Morgan fingerprint density at radius 3 is 1.70 bits per heavy atom. The largest absolute Gasteiger partial charge is 0.115 e. The van der Waals surface area contributed by atoms with Crippen molar-refractivity contribution in [1.29, 1.82) is 0 Å². The minimum absolute atomic E-state index is 1.11. The van der Waals surface area contributed by atoms with Gasteiger partial charge in [0.2, 0.25) is 0 Å². The Hall–Kier alpha value is -1.64. The molecule has 0 aliphatic rings. The summed E-state index contributed by atoms with van der Waals surface area (Å²) >= 11 is 3.69. The summed E-state index contributed by atoms with van der Waals surface area (Å²) < 4.78 is 1.22. The summed E-state index contributed by atoms with van der Waals surface area (Å²) in [6.07, 6.45) is 1.11. The predicted octanol–water partition coefficient (Wildman–Crippen LogP) is 4.88. The van der Waals surface area contributed by atoms with Crippen LogP contribution in [0.4, 0.5) is 0 Å². The molecule has 0 spiro atoms. The molecule has 0 aromatic heterocycles. The molecule has 0 heterocycles. The van der Waals surface area contributed by atoms with Crippen LogP contribution in [0, 0.1) is 0 Å². The van der Waals surface area contributed by atoms with E-state index in [0.29, 0.717) is 0 Å². The van der Waals surface area contributed by atoms with Gasteiger partial charge < -0.3 is 0 Å². The number of halogens is 1. The van der Waals surface area contributed by atoms with Crippen LogP contribution in [0.15, 0.2) is 89.4 Å². The molecule has 0 aliphatic heterocycles. The number of hydrogen-bond acceptors (Lipinski definition) is 0. The zero-order valence-electron chi connectivity index (χ0n) is 13.4. The first kappa shape index (κ1) is 16.2. The van der Waals surface area contributed by atoms with Crippen LogP contribution in [-0.2, 0) is 6.42 Å². The Balaban J connectivity index is 1.95. The summed E-state index contributed by atoms with van der Waals surface area (Å²) in [7, 11) is -1.73. The van der Waals surface area contributed by atoms with Gasteiger partial charge in [-0.05, 0) is 24.1 Å². The van der Waals surface area contributed by atoms with Gasteiger partial charge in [-0.15, -0.1) is 0 Å². The molecule has 0 aliphatic carbocycles. The molecule has 3 rings (SSSR count). The second-order valence-electron chi connectivity index (χ2n) is 6.16. The number of benzene rings is 3. The van der Waals surface area contributed by atoms with Crippen molar-refractivity contribution in [2.45, 2.75) is 19.0 Å². The minimum Gasteiger partial charge on any atom is -0.0626 e. The molecule has 0 amide bonds. The standard InChI is InChI=1S/C21H21BrSi/c1-23(19-11-4-2-5-12-19,20-13-6-3-7-14-20)17-16-18-10-8-9-15-21(18)22/h2-15H,16-17H2,1H3. The number of aryl methyl sites for hydroxylation is 1. The summed E-state index contributed by atoms with van der Waals surface area (Å²) in [4.78, 5) is 0. The molecule has 0 fully saturated rings. The van der Waals surface area contributed by atoms with Gasteiger partial charge in [-0.1, -0.05) is 112 Å². The van der Waals surface area contributed by atoms with Gasteiger partial charge in [-0.25, -0.2) is 0 Å². The minimum atomic E-state index is -1.73. The quantitative estimate of drug-likeness (QED) is 0.553. The van der Waals surface area contributed by atoms with Crippen LogP contribution in [0.25, 0.3) is 0 Å². The van der Waals surface area contributed by atoms with Crippen LogP contribution in [0.5, 0.6) is 0 Å². The second-order valence-corrected chi connectivity index (χ2v) is 11.3. The van der Waals surface area contributed by atoms with Gasteiger partial charge in [-0.2, -0.15) is 0 Å². The third-order valence-electron chi connectivity index (χ3n) is 4.67. The Kier molecular flexibility index (Phi) is 5.14. The molecule has 0 radical (unpaired) electrons. The summed E-state index contributed by atoms with van der Waals surface area (Å²) in [5.41, 5.74) is 1.40. The average molecular weight is 381 g/mol. The monoisotopic (exact) mass is 380 g/mol. The van der Waals surface area contributed by atoms with Crippen LogP contribution in [0.2, 0.25) is 12.6 Å². The lowest BCUT2D eigenvalue weighted by Gasteiger charge is -2.29. The molecule has 0 N–H and O–H groups in total. The van der Waals surface area contributed by atoms with E-state index in [9.17, 15) is 0 Å². The van der Waals surface area contributed by atoms with E-state index in [2.05, 4.69) is 107 Å². The smallest absolute Gasteiger partial charge is 0.0626 e. The van der Waals surface area contributed by atoms with Crippen molar-refractivity contribution >= 4 is 34.4 Å². The molecule has 0 nitrogen and oxygen atoms in total. The van der Waals surface area contributed by atoms with Crippen molar-refractivity contribution in [2.75, 3.05) is 0 Å². The molecular formula is C21H21BrSi. The molecule has 3 aromatic rings. The predicted molar refractivity (Wildman–Crippen MR) is 106 cm³/mol. The van der Waals surface area contributed by atoms with E-state index in [1.54, 1.807) is 0 Å². The maximum atomic E-state index is 3.69. The molecule has 2 heteroatoms. The zero-order chi connectivity index (χ0) is 16.1. The highest BCUT2D eigenvalue weighted by Gasteiger charge is 2.31. The van der Waals surface area contributed by atoms with Crippen molar-refractivity contribution in [3.05, 3.63) is 95.0 Å². The van der Waals surface area contributed by atoms with E-state index in [4.69, 9.17) is 0 Å². The van der Waals surface area contributed by atoms with Crippen LogP contribution in [0.1, 0.15) is 5.56 Å². The Morgan fingerprint density at radius 1 is 0.696 bits per heavy atom. The maximum Gasteiger partial charge on any atom is 0.115 e. The van der Waals surface area contributed by atoms with E-state index < -0.39 is 8.07 Å². The Bertz CT molecular complexity index is 714. The molecule has 23 heavy (non-hydrogen) atoms. The van der Waals surface area contributed by atoms with Crippen LogP contribution in [-0.4, -0.2) is 8.07 Å². The lowest BCUT2D eigenvalue weighted by molar-refractivity contribution is 1.09. The number of hydrogen-bond donors (Lipinski definition) is 0. The third-order valence-corrected chi connectivity index (χ3v) is 9.91. The van der Waals surface area contributed by atoms with Crippen LogP contribution >= 0.6 is 15.9 Å². The molecular weight excluding hydrogens is 360 g/mol. The van der Waals surface area contributed by atoms with Crippen molar-refractivity contribution in [1.82, 2.24) is 0 Å². The first-order chi connectivity index (χ1) is 11.2. The fraction of sp³-hybridized carbons (Fsp3) is 0.143. The Labute approximate surface area is 148 Å². The van der Waals surface area contributed by atoms with Gasteiger partial charge in [0.1, 0.15) is 8.07 Å². The van der Waals surface area contributed by atoms with Gasteiger partial charge >= 0.3 is 0 Å². The lowest BCUT2D eigenvalue weighted by atomic mass is 10.2. The highest BCUT2D eigenvalue weighted by Crippen LogP contribution is 2.21. The maximum absolute atomic E-state index is 3.69. The summed E-state index contributed by atoms with van der Waals surface area (Å²) in [5, 5.41) is 3.02. The van der Waals surface area contributed by atoms with Gasteiger partial charge in [0, 0.05) is 4.47 Å². The SMILES string of the molecule is C[Si](CCc1ccccc1Br)(c1ccccc1)c1ccccc1. The summed E-state index contributed by atoms with van der Waals surface area (Å²) in [6, 6.07) is 31.9. The molecule has 116 valence electrons. The van der Waals surface area contributed by atoms with E-state index in [0.717, 1.165) is 6.42 Å². The molecule has 0 atom stereocenters. The van der Waals surface area contributed by atoms with Gasteiger partial charge in [0.05, 0.1) is 0 Å². The summed E-state index contributed by atoms with van der Waals surface area (Å²) in [6.45, 7) is 2.49.